The lowest BCUT2D eigenvalue weighted by atomic mass is 9.92. The van der Waals surface area contributed by atoms with Crippen molar-refractivity contribution in [3.05, 3.63) is 65.0 Å². The molecule has 0 spiro atoms. The number of aromatic nitrogens is 2. The first-order valence-electron chi connectivity index (χ1n) is 11.2. The van der Waals surface area contributed by atoms with E-state index in [1.807, 2.05) is 18.5 Å². The molecular weight excluding hydrogens is 420 g/mol. The second-order valence-electron chi connectivity index (χ2n) is 8.33. The van der Waals surface area contributed by atoms with Gasteiger partial charge in [0.2, 0.25) is 0 Å². The molecule has 3 heterocycles. The van der Waals surface area contributed by atoms with Gasteiger partial charge in [0, 0.05) is 29.7 Å². The number of fused-ring (bicyclic) bond motifs is 1. The third kappa shape index (κ3) is 4.19. The van der Waals surface area contributed by atoms with Crippen molar-refractivity contribution in [1.29, 1.82) is 0 Å². The summed E-state index contributed by atoms with van der Waals surface area (Å²) >= 11 is 1.54. The minimum Gasteiger partial charge on any atom is -0.458 e. The first kappa shape index (κ1) is 21.2. The number of rotatable bonds is 6. The highest BCUT2D eigenvalue weighted by Crippen LogP contribution is 2.43. The highest BCUT2D eigenvalue weighted by Gasteiger charge is 2.33. The number of nitrogens with zero attached hydrogens (tertiary/aromatic N) is 4. The molecule has 6 nitrogen and oxygen atoms in total. The quantitative estimate of drug-likeness (QED) is 0.288. The average Bonchev–Trinajstić information content (AvgIpc) is 3.42. The number of oxime groups is 1. The van der Waals surface area contributed by atoms with Gasteiger partial charge in [0.1, 0.15) is 18.6 Å². The van der Waals surface area contributed by atoms with E-state index in [-0.39, 0.29) is 5.92 Å². The molecule has 0 bridgehead atoms. The second-order valence-corrected chi connectivity index (χ2v) is 9.10. The maximum absolute atomic E-state index is 6.51. The minimum absolute atomic E-state index is 0.154. The fourth-order valence-corrected chi connectivity index (χ4v) is 5.21. The van der Waals surface area contributed by atoms with Gasteiger partial charge in [-0.1, -0.05) is 47.6 Å². The van der Waals surface area contributed by atoms with E-state index in [1.165, 1.54) is 36.6 Å². The van der Waals surface area contributed by atoms with E-state index < -0.39 is 0 Å². The Bertz CT molecular complexity index is 1120. The predicted octanol–water partition coefficient (Wildman–Crippen LogP) is 5.33. The number of hydrogen-bond acceptors (Lipinski definition) is 7. The largest absolute Gasteiger partial charge is 0.458 e. The number of hydrogen-bond donors (Lipinski definition) is 0. The summed E-state index contributed by atoms with van der Waals surface area (Å²) in [6.07, 6.45) is 8.43. The molecule has 1 aliphatic carbocycles. The molecule has 1 aromatic carbocycles. The zero-order valence-electron chi connectivity index (χ0n) is 18.6. The van der Waals surface area contributed by atoms with Crippen molar-refractivity contribution in [3.8, 4) is 11.5 Å². The summed E-state index contributed by atoms with van der Waals surface area (Å²) in [7, 11) is 1.60. The maximum atomic E-state index is 6.51. The lowest BCUT2D eigenvalue weighted by Crippen LogP contribution is -2.28. The van der Waals surface area contributed by atoms with Crippen LogP contribution in [0.1, 0.15) is 54.1 Å². The van der Waals surface area contributed by atoms with Crippen LogP contribution in [-0.2, 0) is 11.4 Å². The van der Waals surface area contributed by atoms with Gasteiger partial charge in [0.15, 0.2) is 10.9 Å². The molecule has 0 N–H and O–H groups in total. The van der Waals surface area contributed by atoms with Gasteiger partial charge in [-0.25, -0.2) is 9.97 Å². The third-order valence-electron chi connectivity index (χ3n) is 6.31. The van der Waals surface area contributed by atoms with E-state index in [9.17, 15) is 0 Å². The Morgan fingerprint density at radius 2 is 2.00 bits per heavy atom. The van der Waals surface area contributed by atoms with E-state index in [0.717, 1.165) is 65.3 Å². The SMILES string of the molecule is CO/N=C1/CC(c2cc(CN3CCCCC3)oc2-c2ccnc(SC)n2)c2ccccc21. The van der Waals surface area contributed by atoms with Gasteiger partial charge >= 0.3 is 0 Å². The zero-order chi connectivity index (χ0) is 21.9. The smallest absolute Gasteiger partial charge is 0.187 e. The van der Waals surface area contributed by atoms with E-state index in [1.54, 1.807) is 7.11 Å². The van der Waals surface area contributed by atoms with Crippen LogP contribution in [0.25, 0.3) is 11.5 Å². The standard InChI is InChI=1S/C25H28N4O2S/c1-30-28-23-15-20(18-8-4-5-9-19(18)23)21-14-17(16-29-12-6-3-7-13-29)31-24(21)22-10-11-26-25(27-22)32-2/h4-5,8-11,14,20H,3,6-7,12-13,15-16H2,1-2H3/b28-23-. The molecule has 1 aliphatic heterocycles. The van der Waals surface area contributed by atoms with Crippen LogP contribution in [0.5, 0.6) is 0 Å². The summed E-state index contributed by atoms with van der Waals surface area (Å²) in [6.45, 7) is 3.10. The molecule has 0 amide bonds. The van der Waals surface area contributed by atoms with Gasteiger partial charge in [-0.05, 0) is 49.9 Å². The Morgan fingerprint density at radius 3 is 2.81 bits per heavy atom. The van der Waals surface area contributed by atoms with Crippen LogP contribution in [0.2, 0.25) is 0 Å². The number of likely N-dealkylation sites (tertiary alicyclic amines) is 1. The molecule has 166 valence electrons. The molecule has 1 fully saturated rings. The van der Waals surface area contributed by atoms with Crippen LogP contribution in [-0.4, -0.2) is 47.0 Å². The topological polar surface area (TPSA) is 63.8 Å². The Kier molecular flexibility index (Phi) is 6.28. The summed E-state index contributed by atoms with van der Waals surface area (Å²) in [4.78, 5) is 16.7. The molecule has 3 aromatic rings. The highest BCUT2D eigenvalue weighted by atomic mass is 32.2. The molecule has 0 saturated carbocycles. The van der Waals surface area contributed by atoms with Crippen molar-refractivity contribution in [2.75, 3.05) is 26.5 Å². The summed E-state index contributed by atoms with van der Waals surface area (Å²) in [5.41, 5.74) is 5.38. The van der Waals surface area contributed by atoms with Gasteiger partial charge in [-0.2, -0.15) is 0 Å². The molecular formula is C25H28N4O2S. The monoisotopic (exact) mass is 448 g/mol. The molecule has 5 rings (SSSR count). The van der Waals surface area contributed by atoms with Crippen molar-refractivity contribution in [2.24, 2.45) is 5.16 Å². The number of piperidine rings is 1. The van der Waals surface area contributed by atoms with Crippen LogP contribution >= 0.6 is 11.8 Å². The molecule has 32 heavy (non-hydrogen) atoms. The van der Waals surface area contributed by atoms with Crippen LogP contribution in [0, 0.1) is 0 Å². The summed E-state index contributed by atoms with van der Waals surface area (Å²) < 4.78 is 6.51. The first-order chi connectivity index (χ1) is 15.8. The predicted molar refractivity (Wildman–Crippen MR) is 127 cm³/mol. The van der Waals surface area contributed by atoms with Gasteiger partial charge < -0.3 is 9.25 Å². The van der Waals surface area contributed by atoms with Gasteiger partial charge in [0.05, 0.1) is 12.3 Å². The Hall–Kier alpha value is -2.64. The lowest BCUT2D eigenvalue weighted by molar-refractivity contribution is 0.206. The van der Waals surface area contributed by atoms with E-state index in [2.05, 4.69) is 45.4 Å². The van der Waals surface area contributed by atoms with Crippen LogP contribution < -0.4 is 0 Å². The van der Waals surface area contributed by atoms with Gasteiger partial charge in [-0.15, -0.1) is 0 Å². The maximum Gasteiger partial charge on any atom is 0.187 e. The number of benzene rings is 1. The highest BCUT2D eigenvalue weighted by molar-refractivity contribution is 7.98. The molecule has 2 aromatic heterocycles. The molecule has 7 heteroatoms. The van der Waals surface area contributed by atoms with Crippen LogP contribution in [0.3, 0.4) is 0 Å². The molecule has 0 radical (unpaired) electrons. The number of thioether (sulfide) groups is 1. The molecule has 2 aliphatic rings. The molecule has 1 saturated heterocycles. The third-order valence-corrected chi connectivity index (χ3v) is 6.87. The summed E-state index contributed by atoms with van der Waals surface area (Å²) in [5, 5.41) is 5.07. The second kappa shape index (κ2) is 9.46. The Balaban J connectivity index is 1.58. The van der Waals surface area contributed by atoms with Crippen LogP contribution in [0.4, 0.5) is 0 Å². The number of furan rings is 1. The summed E-state index contributed by atoms with van der Waals surface area (Å²) in [5.74, 6) is 1.99. The van der Waals surface area contributed by atoms with Crippen molar-refractivity contribution >= 4 is 17.5 Å². The van der Waals surface area contributed by atoms with Crippen LogP contribution in [0.15, 0.2) is 57.3 Å². The Morgan fingerprint density at radius 1 is 1.16 bits per heavy atom. The van der Waals surface area contributed by atoms with E-state index in [4.69, 9.17) is 14.2 Å². The lowest BCUT2D eigenvalue weighted by Gasteiger charge is -2.25. The summed E-state index contributed by atoms with van der Waals surface area (Å²) in [6, 6.07) is 12.6. The van der Waals surface area contributed by atoms with E-state index in [0.29, 0.717) is 0 Å². The van der Waals surface area contributed by atoms with E-state index >= 15 is 0 Å². The molecule has 1 unspecified atom stereocenters. The molecule has 1 atom stereocenters. The van der Waals surface area contributed by atoms with Crippen molar-refractivity contribution in [1.82, 2.24) is 14.9 Å². The first-order valence-corrected chi connectivity index (χ1v) is 12.4. The van der Waals surface area contributed by atoms with Gasteiger partial charge in [0.25, 0.3) is 0 Å². The zero-order valence-corrected chi connectivity index (χ0v) is 19.4. The fraction of sp³-hybridized carbons (Fsp3) is 0.400. The fourth-order valence-electron chi connectivity index (χ4n) is 4.85. The van der Waals surface area contributed by atoms with Crippen molar-refractivity contribution in [3.63, 3.8) is 0 Å². The average molecular weight is 449 g/mol. The normalized spacial score (nSPS) is 19.9. The van der Waals surface area contributed by atoms with Crippen molar-refractivity contribution in [2.45, 2.75) is 43.3 Å². The Labute approximate surface area is 193 Å². The van der Waals surface area contributed by atoms with Gasteiger partial charge in [-0.3, -0.25) is 4.90 Å². The van der Waals surface area contributed by atoms with Crippen molar-refractivity contribution < 1.29 is 9.25 Å². The minimum atomic E-state index is 0.154.